The zero-order valence-corrected chi connectivity index (χ0v) is 23.4. The summed E-state index contributed by atoms with van der Waals surface area (Å²) >= 11 is 0. The molecule has 2 saturated heterocycles. The largest absolute Gasteiger partial charge is 0.480 e. The first-order chi connectivity index (χ1) is 21.3. The second kappa shape index (κ2) is 11.7. The van der Waals surface area contributed by atoms with Crippen molar-refractivity contribution >= 4 is 23.5 Å². The van der Waals surface area contributed by atoms with Crippen LogP contribution < -0.4 is 10.1 Å². The van der Waals surface area contributed by atoms with Gasteiger partial charge < -0.3 is 9.84 Å². The van der Waals surface area contributed by atoms with Gasteiger partial charge in [-0.2, -0.15) is 0 Å². The number of carboxylic acid groups (broad SMARTS) is 1. The van der Waals surface area contributed by atoms with Gasteiger partial charge in [-0.05, 0) is 47.5 Å². The van der Waals surface area contributed by atoms with Crippen LogP contribution >= 0.6 is 0 Å². The summed E-state index contributed by atoms with van der Waals surface area (Å²) in [4.78, 5) is 57.1. The van der Waals surface area contributed by atoms with Gasteiger partial charge >= 0.3 is 5.97 Å². The van der Waals surface area contributed by atoms with E-state index in [2.05, 4.69) is 10.3 Å². The second-order valence-corrected chi connectivity index (χ2v) is 10.9. The SMILES string of the molecule is O=C1C2C(c3ccc(Oc4ccccc4)cc3)NC(Cc3ccc([N+](=O)[O-])cc3)(C(=O)O)C2C(=O)N1CCc1ccccn1. The molecule has 11 nitrogen and oxygen atoms in total. The van der Waals surface area contributed by atoms with Gasteiger partial charge in [0.1, 0.15) is 17.0 Å². The second-order valence-electron chi connectivity index (χ2n) is 10.9. The van der Waals surface area contributed by atoms with E-state index in [0.29, 0.717) is 34.7 Å². The number of carbonyl (C=O) groups excluding carboxylic acids is 2. The smallest absolute Gasteiger partial charge is 0.325 e. The number of likely N-dealkylation sites (tertiary alicyclic amines) is 1. The van der Waals surface area contributed by atoms with E-state index in [-0.39, 0.29) is 18.7 Å². The molecule has 6 rings (SSSR count). The minimum absolute atomic E-state index is 0.0610. The summed E-state index contributed by atoms with van der Waals surface area (Å²) in [6.45, 7) is 0.0610. The molecule has 2 N–H and O–H groups in total. The summed E-state index contributed by atoms with van der Waals surface area (Å²) in [7, 11) is 0. The zero-order chi connectivity index (χ0) is 30.8. The zero-order valence-electron chi connectivity index (χ0n) is 23.4. The van der Waals surface area contributed by atoms with Crippen molar-refractivity contribution in [2.24, 2.45) is 11.8 Å². The lowest BCUT2D eigenvalue weighted by Crippen LogP contribution is -2.57. The number of fused-ring (bicyclic) bond motifs is 1. The van der Waals surface area contributed by atoms with Crippen molar-refractivity contribution < 1.29 is 29.2 Å². The van der Waals surface area contributed by atoms with Gasteiger partial charge in [-0.25, -0.2) is 0 Å². The van der Waals surface area contributed by atoms with Gasteiger partial charge in [-0.3, -0.25) is 39.7 Å². The third kappa shape index (κ3) is 5.29. The number of hydrogen-bond acceptors (Lipinski definition) is 8. The quantitative estimate of drug-likeness (QED) is 0.156. The van der Waals surface area contributed by atoms with Crippen LogP contribution in [-0.2, 0) is 27.2 Å². The molecule has 0 spiro atoms. The molecule has 11 heteroatoms. The molecule has 222 valence electrons. The molecular weight excluding hydrogens is 564 g/mol. The maximum Gasteiger partial charge on any atom is 0.325 e. The highest BCUT2D eigenvalue weighted by Gasteiger charge is 2.68. The highest BCUT2D eigenvalue weighted by Crippen LogP contribution is 2.50. The molecule has 4 unspecified atom stereocenters. The van der Waals surface area contributed by atoms with Crippen LogP contribution in [0, 0.1) is 22.0 Å². The van der Waals surface area contributed by atoms with Gasteiger partial charge in [0.2, 0.25) is 11.8 Å². The van der Waals surface area contributed by atoms with E-state index in [0.717, 1.165) is 4.90 Å². The fourth-order valence-electron chi connectivity index (χ4n) is 6.20. The monoisotopic (exact) mass is 592 g/mol. The molecule has 0 saturated carbocycles. The van der Waals surface area contributed by atoms with Gasteiger partial charge in [0.25, 0.3) is 5.69 Å². The number of carboxylic acids is 1. The van der Waals surface area contributed by atoms with E-state index in [9.17, 15) is 29.6 Å². The third-order valence-corrected chi connectivity index (χ3v) is 8.29. The molecule has 0 bridgehead atoms. The molecule has 3 aromatic carbocycles. The number of nitrogens with zero attached hydrogens (tertiary/aromatic N) is 3. The average molecular weight is 593 g/mol. The van der Waals surface area contributed by atoms with Gasteiger partial charge in [-0.15, -0.1) is 0 Å². The van der Waals surface area contributed by atoms with E-state index < -0.39 is 46.1 Å². The summed E-state index contributed by atoms with van der Waals surface area (Å²) in [6.07, 6.45) is 1.78. The number of ether oxygens (including phenoxy) is 1. The van der Waals surface area contributed by atoms with Crippen LogP contribution in [0.3, 0.4) is 0 Å². The Morgan fingerprint density at radius 2 is 1.61 bits per heavy atom. The molecule has 0 aliphatic carbocycles. The normalized spacial score (nSPS) is 22.5. The molecule has 2 fully saturated rings. The lowest BCUT2D eigenvalue weighted by atomic mass is 9.76. The number of nitro benzene ring substituents is 1. The fraction of sp³-hybridized carbons (Fsp3) is 0.212. The number of non-ortho nitro benzene ring substituents is 1. The topological polar surface area (TPSA) is 152 Å². The number of amides is 2. The molecule has 2 aliphatic heterocycles. The van der Waals surface area contributed by atoms with Crippen molar-refractivity contribution in [2.45, 2.75) is 24.4 Å². The fourth-order valence-corrected chi connectivity index (χ4v) is 6.20. The van der Waals surface area contributed by atoms with E-state index >= 15 is 0 Å². The van der Waals surface area contributed by atoms with Crippen molar-refractivity contribution in [3.63, 3.8) is 0 Å². The number of nitro groups is 1. The Morgan fingerprint density at radius 3 is 2.25 bits per heavy atom. The number of carbonyl (C=O) groups is 3. The number of para-hydroxylation sites is 1. The lowest BCUT2D eigenvalue weighted by molar-refractivity contribution is -0.384. The standard InChI is InChI=1S/C33H28N4O7/c38-30-27-28(31(39)36(30)19-17-23-6-4-5-18-34-23)33(32(40)41,20-21-9-13-24(14-10-21)37(42)43)35-29(27)22-11-15-26(16-12-22)44-25-7-2-1-3-8-25/h1-16,18,27-29,35H,17,19-20H2,(H,40,41). The molecule has 1 aromatic heterocycles. The molecule has 4 aromatic rings. The Hall–Kier alpha value is -5.42. The molecule has 2 aliphatic rings. The van der Waals surface area contributed by atoms with Crippen molar-refractivity contribution in [2.75, 3.05) is 6.54 Å². The maximum atomic E-state index is 14.0. The first-order valence-corrected chi connectivity index (χ1v) is 14.1. The van der Waals surface area contributed by atoms with E-state index in [1.54, 1.807) is 42.6 Å². The van der Waals surface area contributed by atoms with Crippen LogP contribution in [0.1, 0.15) is 22.9 Å². The molecule has 4 atom stereocenters. The molecular formula is C33H28N4O7. The number of nitrogens with one attached hydrogen (secondary N) is 1. The van der Waals surface area contributed by atoms with Gasteiger partial charge in [0.05, 0.1) is 16.8 Å². The number of aliphatic carboxylic acids is 1. The van der Waals surface area contributed by atoms with Gasteiger partial charge in [0.15, 0.2) is 0 Å². The van der Waals surface area contributed by atoms with E-state index in [1.807, 2.05) is 36.4 Å². The summed E-state index contributed by atoms with van der Waals surface area (Å²) < 4.78 is 5.90. The number of hydrogen-bond donors (Lipinski definition) is 2. The Bertz CT molecular complexity index is 1700. The van der Waals surface area contributed by atoms with Crippen LogP contribution in [0.5, 0.6) is 11.5 Å². The van der Waals surface area contributed by atoms with Gasteiger partial charge in [0, 0.05) is 49.5 Å². The summed E-state index contributed by atoms with van der Waals surface area (Å²) in [6, 6.07) is 26.3. The Balaban J connectivity index is 1.35. The van der Waals surface area contributed by atoms with Crippen LogP contribution in [0.4, 0.5) is 5.69 Å². The summed E-state index contributed by atoms with van der Waals surface area (Å²) in [5.74, 6) is -3.31. The number of pyridine rings is 1. The Labute approximate surface area is 252 Å². The molecule has 44 heavy (non-hydrogen) atoms. The first-order valence-electron chi connectivity index (χ1n) is 14.1. The minimum atomic E-state index is -1.85. The van der Waals surface area contributed by atoms with Crippen LogP contribution in [-0.4, -0.2) is 49.8 Å². The molecule has 0 radical (unpaired) electrons. The van der Waals surface area contributed by atoms with Crippen LogP contribution in [0.25, 0.3) is 0 Å². The maximum absolute atomic E-state index is 14.0. The van der Waals surface area contributed by atoms with E-state index in [4.69, 9.17) is 4.74 Å². The molecule has 3 heterocycles. The summed E-state index contributed by atoms with van der Waals surface area (Å²) in [5, 5.41) is 25.1. The average Bonchev–Trinajstić information content (AvgIpc) is 3.51. The van der Waals surface area contributed by atoms with Crippen LogP contribution in [0.2, 0.25) is 0 Å². The highest BCUT2D eigenvalue weighted by molar-refractivity contribution is 6.09. The minimum Gasteiger partial charge on any atom is -0.480 e. The Kier molecular flexibility index (Phi) is 7.62. The van der Waals surface area contributed by atoms with Gasteiger partial charge in [-0.1, -0.05) is 48.5 Å². The lowest BCUT2D eigenvalue weighted by Gasteiger charge is -2.31. The van der Waals surface area contributed by atoms with Crippen LogP contribution in [0.15, 0.2) is 103 Å². The number of imide groups is 1. The predicted molar refractivity (Wildman–Crippen MR) is 158 cm³/mol. The molecule has 2 amide bonds. The van der Waals surface area contributed by atoms with E-state index in [1.165, 1.54) is 24.3 Å². The van der Waals surface area contributed by atoms with Crippen molar-refractivity contribution in [3.8, 4) is 11.5 Å². The predicted octanol–water partition coefficient (Wildman–Crippen LogP) is 4.34. The number of aromatic nitrogens is 1. The highest BCUT2D eigenvalue weighted by atomic mass is 16.6. The van der Waals surface area contributed by atoms with Crippen molar-refractivity contribution in [3.05, 3.63) is 130 Å². The third-order valence-electron chi connectivity index (χ3n) is 8.29. The van der Waals surface area contributed by atoms with Crippen molar-refractivity contribution in [1.82, 2.24) is 15.2 Å². The first kappa shape index (κ1) is 28.7. The Morgan fingerprint density at radius 1 is 0.932 bits per heavy atom. The number of benzene rings is 3. The summed E-state index contributed by atoms with van der Waals surface area (Å²) in [5.41, 5.74) is -0.191. The van der Waals surface area contributed by atoms with Crippen molar-refractivity contribution in [1.29, 1.82) is 0 Å². The number of rotatable bonds is 10.